The SMILES string of the molecule is CC(=O)OC1=C(c2c(C)cc(-c3ccccc3)cc2C)C(=O)[C@@H]2[C@H]1[C@@]1(C)CC[C@]2(C)O1. The fourth-order valence-electron chi connectivity index (χ4n) is 6.23. The summed E-state index contributed by atoms with van der Waals surface area (Å²) in [5.41, 5.74) is 4.75. The summed E-state index contributed by atoms with van der Waals surface area (Å²) in [5, 5.41) is 0. The number of ketones is 1. The van der Waals surface area contributed by atoms with Crippen LogP contribution in [0.1, 0.15) is 50.3 Å². The van der Waals surface area contributed by atoms with Gasteiger partial charge in [-0.05, 0) is 68.4 Å². The smallest absolute Gasteiger partial charge is 0.307 e. The average molecular weight is 417 g/mol. The molecule has 31 heavy (non-hydrogen) atoms. The van der Waals surface area contributed by atoms with Gasteiger partial charge in [-0.25, -0.2) is 0 Å². The van der Waals surface area contributed by atoms with Gasteiger partial charge in [0, 0.05) is 6.92 Å². The van der Waals surface area contributed by atoms with Gasteiger partial charge in [0.25, 0.3) is 0 Å². The summed E-state index contributed by atoms with van der Waals surface area (Å²) in [5.74, 6) is -0.361. The molecule has 3 aliphatic rings. The van der Waals surface area contributed by atoms with E-state index in [1.807, 2.05) is 39.0 Å². The van der Waals surface area contributed by atoms with Crippen LogP contribution < -0.4 is 0 Å². The van der Waals surface area contributed by atoms with Crippen LogP contribution in [0, 0.1) is 25.7 Å². The van der Waals surface area contributed by atoms with Crippen molar-refractivity contribution >= 4 is 17.3 Å². The average Bonchev–Trinajstić information content (AvgIpc) is 3.26. The van der Waals surface area contributed by atoms with Crippen LogP contribution in [0.3, 0.4) is 0 Å². The van der Waals surface area contributed by atoms with Crippen molar-refractivity contribution in [1.29, 1.82) is 0 Å². The molecule has 1 aliphatic carbocycles. The molecular weight excluding hydrogens is 388 g/mol. The first kappa shape index (κ1) is 20.2. The third-order valence-electron chi connectivity index (χ3n) is 7.43. The molecule has 4 heteroatoms. The zero-order valence-electron chi connectivity index (χ0n) is 18.7. The van der Waals surface area contributed by atoms with Crippen LogP contribution in [0.2, 0.25) is 0 Å². The van der Waals surface area contributed by atoms with Gasteiger partial charge >= 0.3 is 5.97 Å². The van der Waals surface area contributed by atoms with E-state index in [1.54, 1.807) is 0 Å². The van der Waals surface area contributed by atoms with E-state index in [9.17, 15) is 9.59 Å². The van der Waals surface area contributed by atoms with E-state index in [2.05, 4.69) is 31.2 Å². The normalized spacial score (nSPS) is 31.3. The van der Waals surface area contributed by atoms with E-state index >= 15 is 0 Å². The first-order valence-electron chi connectivity index (χ1n) is 11.0. The highest BCUT2D eigenvalue weighted by Crippen LogP contribution is 2.64. The molecule has 2 aliphatic heterocycles. The van der Waals surface area contributed by atoms with E-state index < -0.39 is 17.2 Å². The van der Waals surface area contributed by atoms with Crippen molar-refractivity contribution in [2.45, 2.75) is 58.7 Å². The molecule has 0 spiro atoms. The third-order valence-corrected chi connectivity index (χ3v) is 7.43. The lowest BCUT2D eigenvalue weighted by molar-refractivity contribution is -0.138. The number of esters is 1. The van der Waals surface area contributed by atoms with Gasteiger partial charge in [0.15, 0.2) is 5.78 Å². The minimum Gasteiger partial charge on any atom is -0.430 e. The highest BCUT2D eigenvalue weighted by Gasteiger charge is 2.70. The summed E-state index contributed by atoms with van der Waals surface area (Å²) in [6, 6.07) is 14.4. The van der Waals surface area contributed by atoms with E-state index in [-0.39, 0.29) is 17.6 Å². The van der Waals surface area contributed by atoms with Crippen molar-refractivity contribution in [3.63, 3.8) is 0 Å². The second kappa shape index (κ2) is 6.64. The van der Waals surface area contributed by atoms with Gasteiger partial charge in [0.05, 0.1) is 28.6 Å². The lowest BCUT2D eigenvalue weighted by Gasteiger charge is -2.31. The summed E-state index contributed by atoms with van der Waals surface area (Å²) in [6.45, 7) is 9.55. The monoisotopic (exact) mass is 416 g/mol. The molecular formula is C27H28O4. The Morgan fingerprint density at radius 1 is 0.968 bits per heavy atom. The maximum absolute atomic E-state index is 13.8. The zero-order chi connectivity index (χ0) is 22.1. The quantitative estimate of drug-likeness (QED) is 0.629. The number of benzene rings is 2. The maximum atomic E-state index is 13.8. The Kier molecular flexibility index (Phi) is 4.32. The van der Waals surface area contributed by atoms with E-state index in [1.165, 1.54) is 6.92 Å². The van der Waals surface area contributed by atoms with Gasteiger partial charge in [-0.15, -0.1) is 0 Å². The molecule has 0 radical (unpaired) electrons. The number of aryl methyl sites for hydroxylation is 2. The van der Waals surface area contributed by atoms with Gasteiger partial charge < -0.3 is 9.47 Å². The number of carbonyl (C=O) groups is 2. The summed E-state index contributed by atoms with van der Waals surface area (Å²) >= 11 is 0. The maximum Gasteiger partial charge on any atom is 0.307 e. The largest absolute Gasteiger partial charge is 0.430 e. The lowest BCUT2D eigenvalue weighted by atomic mass is 9.68. The Hall–Kier alpha value is -2.72. The van der Waals surface area contributed by atoms with Gasteiger partial charge in [-0.2, -0.15) is 0 Å². The standard InChI is InChI=1S/C27H28O4/c1-15-13-19(18-9-7-6-8-10-18)14-16(2)20(15)21-24(29)22-23(25(21)30-17(3)28)27(5)12-11-26(22,4)31-27/h6-10,13-14,22-23H,11-12H2,1-5H3/t22-,23+,26-,27+/m0/s1. The molecule has 2 aromatic carbocycles. The summed E-state index contributed by atoms with van der Waals surface area (Å²) in [7, 11) is 0. The molecule has 0 unspecified atom stereocenters. The number of hydrogen-bond donors (Lipinski definition) is 0. The summed E-state index contributed by atoms with van der Waals surface area (Å²) in [6.07, 6.45) is 1.71. The van der Waals surface area contributed by atoms with Crippen molar-refractivity contribution in [2.24, 2.45) is 11.8 Å². The first-order valence-corrected chi connectivity index (χ1v) is 11.0. The number of carbonyl (C=O) groups excluding carboxylic acids is 2. The van der Waals surface area contributed by atoms with E-state index in [4.69, 9.17) is 9.47 Å². The number of rotatable bonds is 3. The van der Waals surface area contributed by atoms with Crippen molar-refractivity contribution in [3.05, 3.63) is 64.9 Å². The Balaban J connectivity index is 1.69. The molecule has 2 heterocycles. The fourth-order valence-corrected chi connectivity index (χ4v) is 6.23. The van der Waals surface area contributed by atoms with Crippen LogP contribution in [-0.2, 0) is 19.1 Å². The number of fused-ring (bicyclic) bond motifs is 5. The van der Waals surface area contributed by atoms with Crippen molar-refractivity contribution in [1.82, 2.24) is 0 Å². The zero-order valence-corrected chi connectivity index (χ0v) is 18.7. The molecule has 5 rings (SSSR count). The summed E-state index contributed by atoms with van der Waals surface area (Å²) in [4.78, 5) is 25.9. The minimum absolute atomic E-state index is 0.0471. The Morgan fingerprint density at radius 2 is 1.55 bits per heavy atom. The lowest BCUT2D eigenvalue weighted by Crippen LogP contribution is -2.40. The molecule has 2 bridgehead atoms. The molecule has 2 aromatic rings. The molecule has 4 atom stereocenters. The van der Waals surface area contributed by atoms with Gasteiger partial charge in [0.2, 0.25) is 0 Å². The van der Waals surface area contributed by atoms with Crippen molar-refractivity contribution < 1.29 is 19.1 Å². The number of allylic oxidation sites excluding steroid dienone is 1. The highest BCUT2D eigenvalue weighted by molar-refractivity contribution is 6.26. The molecule has 0 aromatic heterocycles. The van der Waals surface area contributed by atoms with Gasteiger partial charge in [-0.3, -0.25) is 9.59 Å². The minimum atomic E-state index is -0.505. The molecule has 2 saturated heterocycles. The number of hydrogen-bond acceptors (Lipinski definition) is 4. The molecule has 160 valence electrons. The van der Waals surface area contributed by atoms with Crippen LogP contribution in [0.5, 0.6) is 0 Å². The van der Waals surface area contributed by atoms with E-state index in [0.29, 0.717) is 11.3 Å². The summed E-state index contributed by atoms with van der Waals surface area (Å²) < 4.78 is 12.2. The molecule has 2 fully saturated rings. The third kappa shape index (κ3) is 2.85. The predicted molar refractivity (Wildman–Crippen MR) is 119 cm³/mol. The topological polar surface area (TPSA) is 52.6 Å². The second-order valence-corrected chi connectivity index (χ2v) is 9.73. The Morgan fingerprint density at radius 3 is 2.13 bits per heavy atom. The van der Waals surface area contributed by atoms with Crippen molar-refractivity contribution in [3.8, 4) is 11.1 Å². The van der Waals surface area contributed by atoms with Crippen molar-refractivity contribution in [2.75, 3.05) is 0 Å². The number of Topliss-reactive ketones (excluding diaryl/α,β-unsaturated/α-hetero) is 1. The van der Waals surface area contributed by atoms with Gasteiger partial charge in [-0.1, -0.05) is 42.5 Å². The Labute approximate surface area is 183 Å². The molecule has 0 N–H and O–H groups in total. The van der Waals surface area contributed by atoms with E-state index in [0.717, 1.165) is 40.7 Å². The molecule has 0 saturated carbocycles. The number of ether oxygens (including phenoxy) is 2. The fraction of sp³-hybridized carbons (Fsp3) is 0.407. The van der Waals surface area contributed by atoms with Crippen LogP contribution in [0.4, 0.5) is 0 Å². The van der Waals surface area contributed by atoms with Crippen LogP contribution >= 0.6 is 0 Å². The second-order valence-electron chi connectivity index (χ2n) is 9.73. The van der Waals surface area contributed by atoms with Crippen LogP contribution in [0.25, 0.3) is 16.7 Å². The first-order chi connectivity index (χ1) is 14.6. The van der Waals surface area contributed by atoms with Crippen LogP contribution in [0.15, 0.2) is 48.2 Å². The molecule has 0 amide bonds. The van der Waals surface area contributed by atoms with Gasteiger partial charge in [0.1, 0.15) is 5.76 Å². The highest BCUT2D eigenvalue weighted by atomic mass is 16.6. The van der Waals surface area contributed by atoms with Crippen LogP contribution in [-0.4, -0.2) is 23.0 Å². The molecule has 4 nitrogen and oxygen atoms in total. The Bertz CT molecular complexity index is 1120. The predicted octanol–water partition coefficient (Wildman–Crippen LogP) is 5.40.